The van der Waals surface area contributed by atoms with Gasteiger partial charge < -0.3 is 14.5 Å². The maximum absolute atomic E-state index is 14.6. The molecule has 1 saturated heterocycles. The number of alkyl halides is 3. The van der Waals surface area contributed by atoms with Crippen molar-refractivity contribution in [3.8, 4) is 5.75 Å². The number of hydrogen-bond donors (Lipinski definition) is 1. The van der Waals surface area contributed by atoms with Crippen molar-refractivity contribution < 1.29 is 27.1 Å². The summed E-state index contributed by atoms with van der Waals surface area (Å²) in [6.45, 7) is 2.61. The Balaban J connectivity index is 1.53. The second kappa shape index (κ2) is 7.86. The molecule has 1 N–H and O–H groups in total. The fourth-order valence-electron chi connectivity index (χ4n) is 4.03. The molecule has 1 amide bonds. The summed E-state index contributed by atoms with van der Waals surface area (Å²) in [7, 11) is 0. The van der Waals surface area contributed by atoms with Gasteiger partial charge in [-0.2, -0.15) is 18.3 Å². The van der Waals surface area contributed by atoms with E-state index in [0.717, 1.165) is 6.20 Å². The number of piperidine rings is 1. The molecule has 31 heavy (non-hydrogen) atoms. The van der Waals surface area contributed by atoms with Crippen LogP contribution in [0.3, 0.4) is 0 Å². The lowest BCUT2D eigenvalue weighted by atomic mass is 10.1. The minimum absolute atomic E-state index is 0.0117. The van der Waals surface area contributed by atoms with Gasteiger partial charge in [0.15, 0.2) is 11.6 Å². The summed E-state index contributed by atoms with van der Waals surface area (Å²) in [6, 6.07) is 2.75. The quantitative estimate of drug-likeness (QED) is 0.743. The standard InChI is InChI=1S/C20H20F4N4O3/c1-11(29)27-4-2-14(3-5-27)31-17-7-13-10-28(9-12(13)6-15(17)21)16-8-25-26-19(30)18(16)20(22,23)24/h6-8,14H,2-5,9-10H2,1H3,(H,26,30). The van der Waals surface area contributed by atoms with Crippen molar-refractivity contribution in [2.45, 2.75) is 45.1 Å². The molecular formula is C20H20F4N4O3. The molecule has 3 heterocycles. The van der Waals surface area contributed by atoms with Crippen LogP contribution in [0, 0.1) is 5.82 Å². The SMILES string of the molecule is CC(=O)N1CCC(Oc2cc3c(cc2F)CN(c2cn[nH]c(=O)c2C(F)(F)F)C3)CC1. The van der Waals surface area contributed by atoms with Gasteiger partial charge in [-0.1, -0.05) is 0 Å². The number of fused-ring (bicyclic) bond motifs is 1. The third kappa shape index (κ3) is 4.21. The second-order valence-electron chi connectivity index (χ2n) is 7.69. The van der Waals surface area contributed by atoms with E-state index >= 15 is 0 Å². The van der Waals surface area contributed by atoms with Crippen LogP contribution in [0.25, 0.3) is 0 Å². The summed E-state index contributed by atoms with van der Waals surface area (Å²) in [6.07, 6.45) is -3.03. The minimum atomic E-state index is -4.85. The first-order valence-electron chi connectivity index (χ1n) is 9.76. The third-order valence-corrected chi connectivity index (χ3v) is 5.62. The average Bonchev–Trinajstić information content (AvgIpc) is 3.10. The number of halogens is 4. The smallest absolute Gasteiger partial charge is 0.423 e. The molecule has 11 heteroatoms. The Hall–Kier alpha value is -3.11. The largest absolute Gasteiger partial charge is 0.487 e. The molecule has 2 aliphatic heterocycles. The van der Waals surface area contributed by atoms with E-state index in [0.29, 0.717) is 37.1 Å². The van der Waals surface area contributed by atoms with Gasteiger partial charge in [-0.25, -0.2) is 9.49 Å². The zero-order valence-corrected chi connectivity index (χ0v) is 16.6. The number of hydrogen-bond acceptors (Lipinski definition) is 5. The van der Waals surface area contributed by atoms with Gasteiger partial charge in [0, 0.05) is 45.9 Å². The van der Waals surface area contributed by atoms with E-state index in [2.05, 4.69) is 5.10 Å². The molecule has 1 fully saturated rings. The van der Waals surface area contributed by atoms with E-state index in [4.69, 9.17) is 4.74 Å². The van der Waals surface area contributed by atoms with Crippen LogP contribution < -0.4 is 15.2 Å². The van der Waals surface area contributed by atoms with Gasteiger partial charge in [0.25, 0.3) is 5.56 Å². The van der Waals surface area contributed by atoms with Gasteiger partial charge in [0.05, 0.1) is 11.9 Å². The molecule has 0 radical (unpaired) electrons. The topological polar surface area (TPSA) is 78.5 Å². The number of aromatic amines is 1. The van der Waals surface area contributed by atoms with Crippen molar-refractivity contribution >= 4 is 11.6 Å². The molecular weight excluding hydrogens is 420 g/mol. The Morgan fingerprint density at radius 1 is 1.19 bits per heavy atom. The Kier molecular flexibility index (Phi) is 5.36. The number of carbonyl (C=O) groups is 1. The summed E-state index contributed by atoms with van der Waals surface area (Å²) < 4.78 is 60.5. The molecule has 1 aromatic heterocycles. The van der Waals surface area contributed by atoms with E-state index in [1.54, 1.807) is 4.90 Å². The van der Waals surface area contributed by atoms with Crippen molar-refractivity contribution in [3.05, 3.63) is 51.2 Å². The molecule has 2 aromatic rings. The molecule has 1 aromatic carbocycles. The number of aromatic nitrogens is 2. The van der Waals surface area contributed by atoms with Crippen LogP contribution in [-0.4, -0.2) is 40.2 Å². The molecule has 0 aliphatic carbocycles. The number of carbonyl (C=O) groups excluding carboxylic acids is 1. The van der Waals surface area contributed by atoms with Gasteiger partial charge in [0.2, 0.25) is 5.91 Å². The van der Waals surface area contributed by atoms with E-state index < -0.39 is 23.1 Å². The highest BCUT2D eigenvalue weighted by molar-refractivity contribution is 5.73. The lowest BCUT2D eigenvalue weighted by Crippen LogP contribution is -2.40. The molecule has 7 nitrogen and oxygen atoms in total. The fraction of sp³-hybridized carbons (Fsp3) is 0.450. The van der Waals surface area contributed by atoms with E-state index in [-0.39, 0.29) is 36.5 Å². The first-order chi connectivity index (χ1) is 14.6. The molecule has 166 valence electrons. The van der Waals surface area contributed by atoms with Crippen LogP contribution >= 0.6 is 0 Å². The summed E-state index contributed by atoms with van der Waals surface area (Å²) in [5, 5.41) is 5.30. The molecule has 0 bridgehead atoms. The normalized spacial score (nSPS) is 17.1. The van der Waals surface area contributed by atoms with E-state index in [9.17, 15) is 27.2 Å². The number of H-pyrrole nitrogens is 1. The predicted octanol–water partition coefficient (Wildman–Crippen LogP) is 2.84. The zero-order valence-electron chi connectivity index (χ0n) is 16.6. The Morgan fingerprint density at radius 2 is 1.84 bits per heavy atom. The van der Waals surface area contributed by atoms with Gasteiger partial charge in [-0.15, -0.1) is 0 Å². The van der Waals surface area contributed by atoms with Crippen molar-refractivity contribution in [3.63, 3.8) is 0 Å². The molecule has 0 atom stereocenters. The van der Waals surface area contributed by atoms with Gasteiger partial charge >= 0.3 is 6.18 Å². The zero-order chi connectivity index (χ0) is 22.3. The summed E-state index contributed by atoms with van der Waals surface area (Å²) >= 11 is 0. The van der Waals surface area contributed by atoms with Crippen LogP contribution in [0.1, 0.15) is 36.5 Å². The fourth-order valence-corrected chi connectivity index (χ4v) is 4.03. The number of nitrogens with zero attached hydrogens (tertiary/aromatic N) is 3. The highest BCUT2D eigenvalue weighted by Crippen LogP contribution is 2.38. The van der Waals surface area contributed by atoms with Gasteiger partial charge in [0.1, 0.15) is 11.7 Å². The monoisotopic (exact) mass is 440 g/mol. The number of ether oxygens (including phenoxy) is 1. The van der Waals surface area contributed by atoms with Crippen LogP contribution in [0.15, 0.2) is 23.1 Å². The third-order valence-electron chi connectivity index (χ3n) is 5.62. The number of amides is 1. The highest BCUT2D eigenvalue weighted by Gasteiger charge is 2.39. The molecule has 4 rings (SSSR count). The molecule has 0 saturated carbocycles. The Labute approximate surface area is 174 Å². The number of rotatable bonds is 3. The Bertz CT molecular complexity index is 1060. The lowest BCUT2D eigenvalue weighted by Gasteiger charge is -2.31. The minimum Gasteiger partial charge on any atom is -0.487 e. The van der Waals surface area contributed by atoms with Crippen LogP contribution in [0.2, 0.25) is 0 Å². The highest BCUT2D eigenvalue weighted by atomic mass is 19.4. The second-order valence-corrected chi connectivity index (χ2v) is 7.69. The molecule has 2 aliphatic rings. The number of nitrogens with one attached hydrogen (secondary N) is 1. The van der Waals surface area contributed by atoms with Crippen LogP contribution in [-0.2, 0) is 24.1 Å². The first kappa shape index (κ1) is 21.1. The van der Waals surface area contributed by atoms with Crippen molar-refractivity contribution in [1.82, 2.24) is 15.1 Å². The number of anilines is 1. The first-order valence-corrected chi connectivity index (χ1v) is 9.76. The number of likely N-dealkylation sites (tertiary alicyclic amines) is 1. The van der Waals surface area contributed by atoms with E-state index in [1.165, 1.54) is 24.0 Å². The Morgan fingerprint density at radius 3 is 2.45 bits per heavy atom. The van der Waals surface area contributed by atoms with Gasteiger partial charge in [-0.3, -0.25) is 9.59 Å². The average molecular weight is 440 g/mol. The maximum Gasteiger partial charge on any atom is 0.423 e. The maximum atomic E-state index is 14.6. The molecule has 0 unspecified atom stereocenters. The lowest BCUT2D eigenvalue weighted by molar-refractivity contribution is -0.138. The summed E-state index contributed by atoms with van der Waals surface area (Å²) in [5.41, 5.74) is -1.87. The van der Waals surface area contributed by atoms with Crippen LogP contribution in [0.5, 0.6) is 5.75 Å². The van der Waals surface area contributed by atoms with E-state index in [1.807, 2.05) is 5.10 Å². The summed E-state index contributed by atoms with van der Waals surface area (Å²) in [4.78, 5) is 26.2. The number of benzene rings is 1. The molecule has 0 spiro atoms. The summed E-state index contributed by atoms with van der Waals surface area (Å²) in [5.74, 6) is -0.591. The van der Waals surface area contributed by atoms with Crippen molar-refractivity contribution in [1.29, 1.82) is 0 Å². The predicted molar refractivity (Wildman–Crippen MR) is 102 cm³/mol. The van der Waals surface area contributed by atoms with Crippen molar-refractivity contribution in [2.75, 3.05) is 18.0 Å². The van der Waals surface area contributed by atoms with Gasteiger partial charge in [-0.05, 0) is 23.3 Å². The van der Waals surface area contributed by atoms with Crippen molar-refractivity contribution in [2.24, 2.45) is 0 Å². The van der Waals surface area contributed by atoms with Crippen LogP contribution in [0.4, 0.5) is 23.2 Å².